The predicted molar refractivity (Wildman–Crippen MR) is 83.2 cm³/mol. The Morgan fingerprint density at radius 2 is 1.90 bits per heavy atom. The lowest BCUT2D eigenvalue weighted by Crippen LogP contribution is -2.45. The Morgan fingerprint density at radius 3 is 2.52 bits per heavy atom. The number of hydrogen-bond donors (Lipinski definition) is 1. The molecule has 0 unspecified atom stereocenters. The molecule has 1 saturated carbocycles. The summed E-state index contributed by atoms with van der Waals surface area (Å²) in [6.45, 7) is 3.97. The molecule has 3 nitrogen and oxygen atoms in total. The number of rotatable bonds is 4. The Balaban J connectivity index is 1.78. The maximum absolute atomic E-state index is 9.81. The Hall–Kier alpha value is -1.74. The molecule has 2 aromatic rings. The maximum atomic E-state index is 9.81. The normalized spacial score (nSPS) is 24.6. The molecular formula is C18H22N2O. The van der Waals surface area contributed by atoms with Crippen LogP contribution in [-0.2, 0) is 11.8 Å². The highest BCUT2D eigenvalue weighted by Crippen LogP contribution is 2.47. The van der Waals surface area contributed by atoms with Crippen molar-refractivity contribution in [2.45, 2.75) is 51.0 Å². The molecule has 0 saturated heterocycles. The molecule has 3 rings (SSSR count). The quantitative estimate of drug-likeness (QED) is 0.937. The van der Waals surface area contributed by atoms with Gasteiger partial charge >= 0.3 is 0 Å². The van der Waals surface area contributed by atoms with Crippen LogP contribution in [0.15, 0.2) is 36.5 Å². The molecule has 1 aliphatic rings. The van der Waals surface area contributed by atoms with E-state index in [9.17, 15) is 5.11 Å². The summed E-state index contributed by atoms with van der Waals surface area (Å²) in [5, 5.41) is 9.81. The van der Waals surface area contributed by atoms with Gasteiger partial charge in [0.25, 0.3) is 0 Å². The number of aryl methyl sites for hydroxylation is 3. The van der Waals surface area contributed by atoms with E-state index in [1.54, 1.807) is 0 Å². The number of aromatic nitrogens is 2. The molecule has 1 aromatic carbocycles. The number of nitrogens with zero attached hydrogens (tertiary/aromatic N) is 2. The third kappa shape index (κ3) is 2.84. The van der Waals surface area contributed by atoms with Crippen molar-refractivity contribution in [1.82, 2.24) is 9.97 Å². The molecule has 0 aliphatic heterocycles. The van der Waals surface area contributed by atoms with Crippen LogP contribution in [0.1, 0.15) is 41.9 Å². The van der Waals surface area contributed by atoms with Crippen LogP contribution in [0.3, 0.4) is 0 Å². The topological polar surface area (TPSA) is 46.0 Å². The lowest BCUT2D eigenvalue weighted by molar-refractivity contribution is 0.0133. The van der Waals surface area contributed by atoms with E-state index in [1.807, 2.05) is 19.2 Å². The maximum Gasteiger partial charge on any atom is 0.125 e. The second-order valence-corrected chi connectivity index (χ2v) is 6.24. The first-order chi connectivity index (χ1) is 10.1. The summed E-state index contributed by atoms with van der Waals surface area (Å²) in [6.07, 6.45) is 5.53. The predicted octanol–water partition coefficient (Wildman–Crippen LogP) is 3.12. The monoisotopic (exact) mass is 282 g/mol. The molecule has 1 aromatic heterocycles. The van der Waals surface area contributed by atoms with Gasteiger partial charge in [-0.2, -0.15) is 0 Å². The SMILES string of the molecule is Cc1ncc(CCC2(c3ccccc3)CC(O)C2)c(C)n1. The molecule has 110 valence electrons. The summed E-state index contributed by atoms with van der Waals surface area (Å²) in [6, 6.07) is 10.6. The van der Waals surface area contributed by atoms with Gasteiger partial charge in [0.1, 0.15) is 5.82 Å². The van der Waals surface area contributed by atoms with Gasteiger partial charge in [-0.25, -0.2) is 9.97 Å². The average Bonchev–Trinajstić information content (AvgIpc) is 2.44. The molecule has 0 bridgehead atoms. The van der Waals surface area contributed by atoms with E-state index in [0.717, 1.165) is 37.2 Å². The minimum atomic E-state index is -0.152. The van der Waals surface area contributed by atoms with E-state index in [1.165, 1.54) is 11.1 Å². The molecule has 0 spiro atoms. The van der Waals surface area contributed by atoms with Gasteiger partial charge in [0.05, 0.1) is 6.10 Å². The first-order valence-corrected chi connectivity index (χ1v) is 7.62. The van der Waals surface area contributed by atoms with Crippen molar-refractivity contribution in [3.05, 3.63) is 59.2 Å². The first-order valence-electron chi connectivity index (χ1n) is 7.62. The molecule has 0 amide bonds. The Morgan fingerprint density at radius 1 is 1.19 bits per heavy atom. The van der Waals surface area contributed by atoms with Crippen molar-refractivity contribution in [3.8, 4) is 0 Å². The Bertz CT molecular complexity index is 618. The third-order valence-corrected chi connectivity index (χ3v) is 4.71. The molecule has 3 heteroatoms. The minimum absolute atomic E-state index is 0.123. The van der Waals surface area contributed by atoms with E-state index in [-0.39, 0.29) is 11.5 Å². The van der Waals surface area contributed by atoms with E-state index >= 15 is 0 Å². The van der Waals surface area contributed by atoms with Crippen molar-refractivity contribution < 1.29 is 5.11 Å². The zero-order valence-electron chi connectivity index (χ0n) is 12.7. The van der Waals surface area contributed by atoms with Gasteiger partial charge in [-0.05, 0) is 50.7 Å². The fourth-order valence-electron chi connectivity index (χ4n) is 3.45. The van der Waals surface area contributed by atoms with Crippen LogP contribution in [0, 0.1) is 13.8 Å². The van der Waals surface area contributed by atoms with Crippen molar-refractivity contribution in [3.63, 3.8) is 0 Å². The highest BCUT2D eigenvalue weighted by molar-refractivity contribution is 5.30. The van der Waals surface area contributed by atoms with Crippen LogP contribution in [0.4, 0.5) is 0 Å². The molecule has 0 atom stereocenters. The summed E-state index contributed by atoms with van der Waals surface area (Å²) < 4.78 is 0. The van der Waals surface area contributed by atoms with Gasteiger partial charge in [0.15, 0.2) is 0 Å². The van der Waals surface area contributed by atoms with Crippen LogP contribution >= 0.6 is 0 Å². The zero-order chi connectivity index (χ0) is 14.9. The summed E-state index contributed by atoms with van der Waals surface area (Å²) in [4.78, 5) is 8.76. The zero-order valence-corrected chi connectivity index (χ0v) is 12.7. The smallest absolute Gasteiger partial charge is 0.125 e. The highest BCUT2D eigenvalue weighted by Gasteiger charge is 2.44. The molecule has 0 radical (unpaired) electrons. The van der Waals surface area contributed by atoms with E-state index in [0.29, 0.717) is 0 Å². The van der Waals surface area contributed by atoms with E-state index in [2.05, 4.69) is 41.2 Å². The summed E-state index contributed by atoms with van der Waals surface area (Å²) >= 11 is 0. The summed E-state index contributed by atoms with van der Waals surface area (Å²) in [5.74, 6) is 0.827. The van der Waals surface area contributed by atoms with Gasteiger partial charge in [-0.15, -0.1) is 0 Å². The van der Waals surface area contributed by atoms with Crippen LogP contribution in [0.25, 0.3) is 0 Å². The third-order valence-electron chi connectivity index (χ3n) is 4.71. The van der Waals surface area contributed by atoms with Crippen molar-refractivity contribution in [1.29, 1.82) is 0 Å². The lowest BCUT2D eigenvalue weighted by atomic mass is 9.60. The second kappa shape index (κ2) is 5.57. The van der Waals surface area contributed by atoms with Crippen molar-refractivity contribution >= 4 is 0 Å². The van der Waals surface area contributed by atoms with Gasteiger partial charge in [0, 0.05) is 17.3 Å². The Kier molecular flexibility index (Phi) is 3.77. The molecule has 1 aliphatic carbocycles. The first kappa shape index (κ1) is 14.2. The summed E-state index contributed by atoms with van der Waals surface area (Å²) in [5.41, 5.74) is 3.77. The molecule has 21 heavy (non-hydrogen) atoms. The molecular weight excluding hydrogens is 260 g/mol. The molecule has 1 N–H and O–H groups in total. The van der Waals surface area contributed by atoms with Gasteiger partial charge in [-0.1, -0.05) is 30.3 Å². The fraction of sp³-hybridized carbons (Fsp3) is 0.444. The minimum Gasteiger partial charge on any atom is -0.393 e. The lowest BCUT2D eigenvalue weighted by Gasteiger charge is -2.46. The number of aliphatic hydroxyl groups is 1. The van der Waals surface area contributed by atoms with Crippen LogP contribution in [-0.4, -0.2) is 21.2 Å². The fourth-order valence-corrected chi connectivity index (χ4v) is 3.45. The van der Waals surface area contributed by atoms with Gasteiger partial charge < -0.3 is 5.11 Å². The highest BCUT2D eigenvalue weighted by atomic mass is 16.3. The number of benzene rings is 1. The Labute approximate surface area is 126 Å². The summed E-state index contributed by atoms with van der Waals surface area (Å²) in [7, 11) is 0. The van der Waals surface area contributed by atoms with Crippen molar-refractivity contribution in [2.75, 3.05) is 0 Å². The average molecular weight is 282 g/mol. The van der Waals surface area contributed by atoms with Gasteiger partial charge in [-0.3, -0.25) is 0 Å². The van der Waals surface area contributed by atoms with Crippen LogP contribution in [0.5, 0.6) is 0 Å². The van der Waals surface area contributed by atoms with Crippen LogP contribution in [0.2, 0.25) is 0 Å². The number of aliphatic hydroxyl groups excluding tert-OH is 1. The second-order valence-electron chi connectivity index (χ2n) is 6.24. The standard InChI is InChI=1S/C18H22N2O/c1-13-15(12-19-14(2)20-13)8-9-18(10-17(21)11-18)16-6-4-3-5-7-16/h3-7,12,17,21H,8-11H2,1-2H3. The van der Waals surface area contributed by atoms with Crippen LogP contribution < -0.4 is 0 Å². The van der Waals surface area contributed by atoms with Crippen molar-refractivity contribution in [2.24, 2.45) is 0 Å². The molecule has 1 fully saturated rings. The van der Waals surface area contributed by atoms with E-state index in [4.69, 9.17) is 0 Å². The molecule has 1 heterocycles. The van der Waals surface area contributed by atoms with E-state index < -0.39 is 0 Å². The number of hydrogen-bond acceptors (Lipinski definition) is 3. The largest absolute Gasteiger partial charge is 0.393 e. The van der Waals surface area contributed by atoms with Gasteiger partial charge in [0.2, 0.25) is 0 Å².